The zero-order valence-electron chi connectivity index (χ0n) is 32.3. The molecule has 0 aliphatic rings. The number of esters is 1. The number of hydrogen-bond acceptors (Lipinski definition) is 4. The Bertz CT molecular complexity index is 713. The van der Waals surface area contributed by atoms with Gasteiger partial charge in [0.1, 0.15) is 6.10 Å². The van der Waals surface area contributed by atoms with Crippen LogP contribution in [-0.4, -0.2) is 37.0 Å². The van der Waals surface area contributed by atoms with Crippen LogP contribution in [0.25, 0.3) is 0 Å². The predicted molar refractivity (Wildman–Crippen MR) is 210 cm³/mol. The van der Waals surface area contributed by atoms with Crippen molar-refractivity contribution < 1.29 is 19.4 Å². The highest BCUT2D eigenvalue weighted by atomic mass is 16.6. The molecular formula is C44H82O4. The minimum atomic E-state index is -0.538. The molecule has 4 nitrogen and oxygen atoms in total. The zero-order chi connectivity index (χ0) is 34.9. The molecule has 0 bridgehead atoms. The van der Waals surface area contributed by atoms with Crippen LogP contribution in [0.3, 0.4) is 0 Å². The molecule has 0 saturated carbocycles. The van der Waals surface area contributed by atoms with Gasteiger partial charge in [0.2, 0.25) is 0 Å². The normalized spacial score (nSPS) is 12.6. The number of rotatable bonds is 39. The van der Waals surface area contributed by atoms with Crippen LogP contribution in [0, 0.1) is 0 Å². The van der Waals surface area contributed by atoms with Gasteiger partial charge in [-0.2, -0.15) is 0 Å². The fourth-order valence-corrected chi connectivity index (χ4v) is 6.00. The largest absolute Gasteiger partial charge is 0.457 e. The number of carbonyl (C=O) groups excluding carboxylic acids is 1. The summed E-state index contributed by atoms with van der Waals surface area (Å²) in [6, 6.07) is 0. The van der Waals surface area contributed by atoms with E-state index in [9.17, 15) is 9.90 Å². The molecule has 0 heterocycles. The maximum atomic E-state index is 12.2. The molecule has 0 aromatic heterocycles. The first-order chi connectivity index (χ1) is 23.7. The van der Waals surface area contributed by atoms with E-state index in [1.54, 1.807) is 0 Å². The lowest BCUT2D eigenvalue weighted by atomic mass is 10.1. The van der Waals surface area contributed by atoms with E-state index in [4.69, 9.17) is 9.47 Å². The topological polar surface area (TPSA) is 55.8 Å². The average molecular weight is 675 g/mol. The van der Waals surface area contributed by atoms with Crippen molar-refractivity contribution in [3.05, 3.63) is 36.5 Å². The highest BCUT2D eigenvalue weighted by molar-refractivity contribution is 5.69. The van der Waals surface area contributed by atoms with Gasteiger partial charge >= 0.3 is 5.97 Å². The number of allylic oxidation sites excluding steroid dienone is 6. The summed E-state index contributed by atoms with van der Waals surface area (Å²) in [4.78, 5) is 12.2. The van der Waals surface area contributed by atoms with Crippen LogP contribution < -0.4 is 0 Å². The van der Waals surface area contributed by atoms with Gasteiger partial charge in [-0.25, -0.2) is 0 Å². The van der Waals surface area contributed by atoms with Crippen molar-refractivity contribution in [3.63, 3.8) is 0 Å². The summed E-state index contributed by atoms with van der Waals surface area (Å²) < 4.78 is 11.2. The predicted octanol–water partition coefficient (Wildman–Crippen LogP) is 13.7. The molecular weight excluding hydrogens is 592 g/mol. The SMILES string of the molecule is CCCCC/C=C\C/C=C\CCCCCCCCCCOCC(CO)OC(=O)CCCCCCCCC/C=C\CCCCCCCCC. The van der Waals surface area contributed by atoms with Crippen molar-refractivity contribution in [2.24, 2.45) is 0 Å². The molecule has 0 aliphatic heterocycles. The molecule has 1 atom stereocenters. The van der Waals surface area contributed by atoms with Crippen LogP contribution in [-0.2, 0) is 14.3 Å². The van der Waals surface area contributed by atoms with Gasteiger partial charge in [0.05, 0.1) is 13.2 Å². The molecule has 0 amide bonds. The minimum Gasteiger partial charge on any atom is -0.457 e. The molecule has 1 N–H and O–H groups in total. The van der Waals surface area contributed by atoms with Gasteiger partial charge in [-0.15, -0.1) is 0 Å². The molecule has 0 saturated heterocycles. The van der Waals surface area contributed by atoms with E-state index in [2.05, 4.69) is 50.3 Å². The van der Waals surface area contributed by atoms with Crippen LogP contribution in [0.15, 0.2) is 36.5 Å². The summed E-state index contributed by atoms with van der Waals surface area (Å²) in [6.07, 6.45) is 51.9. The quantitative estimate of drug-likeness (QED) is 0.0400. The average Bonchev–Trinajstić information content (AvgIpc) is 3.09. The van der Waals surface area contributed by atoms with E-state index in [0.717, 1.165) is 25.7 Å². The smallest absolute Gasteiger partial charge is 0.306 e. The molecule has 0 aromatic rings. The van der Waals surface area contributed by atoms with Crippen LogP contribution in [0.2, 0.25) is 0 Å². The van der Waals surface area contributed by atoms with Crippen LogP contribution in [0.4, 0.5) is 0 Å². The molecule has 48 heavy (non-hydrogen) atoms. The van der Waals surface area contributed by atoms with Crippen LogP contribution in [0.1, 0.15) is 213 Å². The number of aliphatic hydroxyl groups is 1. The summed E-state index contributed by atoms with van der Waals surface area (Å²) in [5, 5.41) is 9.59. The Kier molecular flexibility index (Phi) is 40.6. The van der Waals surface area contributed by atoms with Gasteiger partial charge in [0.15, 0.2) is 0 Å². The summed E-state index contributed by atoms with van der Waals surface area (Å²) in [5.74, 6) is -0.206. The number of aliphatic hydroxyl groups excluding tert-OH is 1. The van der Waals surface area contributed by atoms with Crippen LogP contribution >= 0.6 is 0 Å². The number of hydrogen-bond donors (Lipinski definition) is 1. The Morgan fingerprint density at radius 1 is 0.500 bits per heavy atom. The third kappa shape index (κ3) is 39.1. The van der Waals surface area contributed by atoms with Gasteiger partial charge < -0.3 is 14.6 Å². The highest BCUT2D eigenvalue weighted by Gasteiger charge is 2.13. The van der Waals surface area contributed by atoms with E-state index in [1.165, 1.54) is 167 Å². The Morgan fingerprint density at radius 2 is 0.875 bits per heavy atom. The Morgan fingerprint density at radius 3 is 1.35 bits per heavy atom. The third-order valence-corrected chi connectivity index (χ3v) is 9.19. The Balaban J connectivity index is 3.44. The zero-order valence-corrected chi connectivity index (χ0v) is 32.3. The Hall–Kier alpha value is -1.39. The van der Waals surface area contributed by atoms with E-state index in [0.29, 0.717) is 19.6 Å². The van der Waals surface area contributed by atoms with Gasteiger partial charge in [-0.1, -0.05) is 172 Å². The molecule has 0 aromatic carbocycles. The van der Waals surface area contributed by atoms with E-state index >= 15 is 0 Å². The monoisotopic (exact) mass is 675 g/mol. The standard InChI is InChI=1S/C44H82O4/c1-3-5-7-9-11-13-15-17-19-21-23-25-27-29-31-33-35-37-39-44(46)48-43(41-45)42-47-40-38-36-34-32-30-28-26-24-22-20-18-16-14-12-10-8-6-4-2/h12,14,18-21,43,45H,3-11,13,15-17,22-42H2,1-2H3/b14-12-,20-18-,21-19-. The fraction of sp³-hybridized carbons (Fsp3) is 0.841. The summed E-state index contributed by atoms with van der Waals surface area (Å²) in [6.45, 7) is 5.32. The first kappa shape index (κ1) is 46.6. The van der Waals surface area contributed by atoms with Crippen molar-refractivity contribution in [1.82, 2.24) is 0 Å². The highest BCUT2D eigenvalue weighted by Crippen LogP contribution is 2.13. The first-order valence-corrected chi connectivity index (χ1v) is 21.1. The number of unbranched alkanes of at least 4 members (excludes halogenated alkanes) is 25. The second-order valence-corrected chi connectivity index (χ2v) is 14.1. The van der Waals surface area contributed by atoms with Gasteiger partial charge in [0.25, 0.3) is 0 Å². The van der Waals surface area contributed by atoms with Crippen molar-refractivity contribution >= 4 is 5.97 Å². The van der Waals surface area contributed by atoms with Crippen molar-refractivity contribution in [2.45, 2.75) is 219 Å². The molecule has 0 rings (SSSR count). The maximum absolute atomic E-state index is 12.2. The summed E-state index contributed by atoms with van der Waals surface area (Å²) >= 11 is 0. The molecule has 4 heteroatoms. The van der Waals surface area contributed by atoms with E-state index in [-0.39, 0.29) is 12.6 Å². The van der Waals surface area contributed by atoms with E-state index in [1.807, 2.05) is 0 Å². The molecule has 0 radical (unpaired) electrons. The third-order valence-electron chi connectivity index (χ3n) is 9.19. The maximum Gasteiger partial charge on any atom is 0.306 e. The molecule has 0 fully saturated rings. The summed E-state index contributed by atoms with van der Waals surface area (Å²) in [5.41, 5.74) is 0. The van der Waals surface area contributed by atoms with Gasteiger partial charge in [0, 0.05) is 13.0 Å². The Labute approximate surface area is 300 Å². The second-order valence-electron chi connectivity index (χ2n) is 14.1. The van der Waals surface area contributed by atoms with Crippen molar-refractivity contribution in [1.29, 1.82) is 0 Å². The lowest BCUT2D eigenvalue weighted by molar-refractivity contribution is -0.154. The van der Waals surface area contributed by atoms with Gasteiger partial charge in [-0.3, -0.25) is 4.79 Å². The first-order valence-electron chi connectivity index (χ1n) is 21.1. The van der Waals surface area contributed by atoms with Crippen molar-refractivity contribution in [2.75, 3.05) is 19.8 Å². The molecule has 0 spiro atoms. The summed E-state index contributed by atoms with van der Waals surface area (Å²) in [7, 11) is 0. The molecule has 1 unspecified atom stereocenters. The van der Waals surface area contributed by atoms with Crippen molar-refractivity contribution in [3.8, 4) is 0 Å². The number of ether oxygens (including phenoxy) is 2. The second kappa shape index (κ2) is 41.8. The lowest BCUT2D eigenvalue weighted by Crippen LogP contribution is -2.27. The van der Waals surface area contributed by atoms with E-state index < -0.39 is 6.10 Å². The molecule has 0 aliphatic carbocycles. The molecule has 282 valence electrons. The van der Waals surface area contributed by atoms with Crippen LogP contribution in [0.5, 0.6) is 0 Å². The lowest BCUT2D eigenvalue weighted by Gasteiger charge is -2.16. The fourth-order valence-electron chi connectivity index (χ4n) is 6.00. The number of carbonyl (C=O) groups is 1. The minimum absolute atomic E-state index is 0.175. The van der Waals surface area contributed by atoms with Gasteiger partial charge in [-0.05, 0) is 70.6 Å².